The quantitative estimate of drug-likeness (QED) is 0.718. The number of carbonyl (C=O) groups is 1. The summed E-state index contributed by atoms with van der Waals surface area (Å²) in [5.41, 5.74) is 4.31. The molecule has 0 aliphatic heterocycles. The summed E-state index contributed by atoms with van der Waals surface area (Å²) in [6.45, 7) is 0. The molecule has 1 atom stereocenters. The Morgan fingerprint density at radius 1 is 1.53 bits per heavy atom. The van der Waals surface area contributed by atoms with E-state index in [1.165, 1.54) is 0 Å². The van der Waals surface area contributed by atoms with Crippen molar-refractivity contribution in [2.75, 3.05) is 0 Å². The van der Waals surface area contributed by atoms with Crippen molar-refractivity contribution in [1.29, 1.82) is 0 Å². The van der Waals surface area contributed by atoms with Crippen LogP contribution < -0.4 is 5.73 Å². The zero-order valence-corrected chi connectivity index (χ0v) is 8.75. The van der Waals surface area contributed by atoms with Crippen molar-refractivity contribution >= 4 is 21.9 Å². The molecule has 4 nitrogen and oxygen atoms in total. The summed E-state index contributed by atoms with van der Waals surface area (Å²) >= 11 is 2.67. The van der Waals surface area contributed by atoms with E-state index in [0.29, 0.717) is 6.07 Å². The van der Waals surface area contributed by atoms with E-state index in [2.05, 4.69) is 15.9 Å². The SMILES string of the molecule is NC(C(=O)O)c1c(O)c(F)cc(Br)c1F. The van der Waals surface area contributed by atoms with Gasteiger partial charge in [-0.15, -0.1) is 0 Å². The molecule has 0 aliphatic rings. The first-order valence-electron chi connectivity index (χ1n) is 3.71. The largest absolute Gasteiger partial charge is 0.505 e. The fraction of sp³-hybridized carbons (Fsp3) is 0.125. The summed E-state index contributed by atoms with van der Waals surface area (Å²) in [5.74, 6) is -4.90. The number of rotatable bonds is 2. The third kappa shape index (κ3) is 2.07. The van der Waals surface area contributed by atoms with Gasteiger partial charge >= 0.3 is 5.97 Å². The minimum atomic E-state index is -1.82. The van der Waals surface area contributed by atoms with E-state index in [0.717, 1.165) is 0 Å². The number of benzene rings is 1. The molecule has 0 bridgehead atoms. The van der Waals surface area contributed by atoms with E-state index in [1.54, 1.807) is 0 Å². The molecule has 0 saturated carbocycles. The maximum absolute atomic E-state index is 13.3. The lowest BCUT2D eigenvalue weighted by Crippen LogP contribution is -2.22. The highest BCUT2D eigenvalue weighted by atomic mass is 79.9. The molecule has 0 aromatic heterocycles. The summed E-state index contributed by atoms with van der Waals surface area (Å²) in [6, 6.07) is -1.14. The van der Waals surface area contributed by atoms with Gasteiger partial charge in [-0.25, -0.2) is 8.78 Å². The van der Waals surface area contributed by atoms with Gasteiger partial charge in [0.25, 0.3) is 0 Å². The number of hydrogen-bond donors (Lipinski definition) is 3. The Morgan fingerprint density at radius 2 is 2.07 bits per heavy atom. The molecule has 1 unspecified atom stereocenters. The number of aromatic hydroxyl groups is 1. The molecule has 0 spiro atoms. The summed E-state index contributed by atoms with van der Waals surface area (Å²) in [5, 5.41) is 17.7. The fourth-order valence-electron chi connectivity index (χ4n) is 1.01. The van der Waals surface area contributed by atoms with Crippen molar-refractivity contribution in [3.8, 4) is 5.75 Å². The number of nitrogens with two attached hydrogens (primary N) is 1. The number of phenolic OH excluding ortho intramolecular Hbond substituents is 1. The van der Waals surface area contributed by atoms with E-state index in [-0.39, 0.29) is 4.47 Å². The molecular formula is C8H6BrF2NO3. The van der Waals surface area contributed by atoms with E-state index < -0.39 is 35.0 Å². The standard InChI is InChI=1S/C8H6BrF2NO3/c9-2-1-3(10)7(13)4(5(2)11)6(12)8(14)15/h1,6,13H,12H2,(H,14,15). The lowest BCUT2D eigenvalue weighted by Gasteiger charge is -2.11. The van der Waals surface area contributed by atoms with Crippen LogP contribution in [0.5, 0.6) is 5.75 Å². The Kier molecular flexibility index (Phi) is 3.25. The topological polar surface area (TPSA) is 83.6 Å². The average Bonchev–Trinajstić information content (AvgIpc) is 2.15. The molecule has 7 heteroatoms. The molecule has 0 radical (unpaired) electrons. The van der Waals surface area contributed by atoms with Crippen LogP contribution in [0.2, 0.25) is 0 Å². The van der Waals surface area contributed by atoms with Gasteiger partial charge in [0.05, 0.1) is 10.0 Å². The third-order valence-corrected chi connectivity index (χ3v) is 2.34. The van der Waals surface area contributed by atoms with E-state index >= 15 is 0 Å². The van der Waals surface area contributed by atoms with Crippen molar-refractivity contribution in [2.45, 2.75) is 6.04 Å². The van der Waals surface area contributed by atoms with E-state index in [4.69, 9.17) is 15.9 Å². The molecule has 1 aromatic rings. The highest BCUT2D eigenvalue weighted by Crippen LogP contribution is 2.33. The minimum absolute atomic E-state index is 0.301. The van der Waals surface area contributed by atoms with Crippen molar-refractivity contribution in [3.05, 3.63) is 27.7 Å². The molecule has 82 valence electrons. The second kappa shape index (κ2) is 4.11. The first-order chi connectivity index (χ1) is 6.86. The zero-order chi connectivity index (χ0) is 11.7. The number of hydrogen-bond acceptors (Lipinski definition) is 3. The van der Waals surface area contributed by atoms with E-state index in [9.17, 15) is 13.6 Å². The summed E-state index contributed by atoms with van der Waals surface area (Å²) < 4.78 is 26.0. The van der Waals surface area contributed by atoms with Crippen LogP contribution in [-0.2, 0) is 4.79 Å². The van der Waals surface area contributed by atoms with Crippen LogP contribution in [0.1, 0.15) is 11.6 Å². The molecule has 1 aromatic carbocycles. The molecule has 0 saturated heterocycles. The Hall–Kier alpha value is -1.21. The van der Waals surface area contributed by atoms with Crippen molar-refractivity contribution in [2.24, 2.45) is 5.73 Å². The van der Waals surface area contributed by atoms with Crippen LogP contribution in [0.4, 0.5) is 8.78 Å². The molecule has 4 N–H and O–H groups in total. The Balaban J connectivity index is 3.45. The van der Waals surface area contributed by atoms with Crippen LogP contribution in [0.25, 0.3) is 0 Å². The third-order valence-electron chi connectivity index (χ3n) is 1.76. The number of aliphatic carboxylic acids is 1. The fourth-order valence-corrected chi connectivity index (χ4v) is 1.43. The molecule has 0 amide bonds. The van der Waals surface area contributed by atoms with Gasteiger partial charge in [0.2, 0.25) is 0 Å². The minimum Gasteiger partial charge on any atom is -0.505 e. The zero-order valence-electron chi connectivity index (χ0n) is 7.17. The summed E-state index contributed by atoms with van der Waals surface area (Å²) in [6.07, 6.45) is 0. The van der Waals surface area contributed by atoms with Crippen LogP contribution in [0, 0.1) is 11.6 Å². The van der Waals surface area contributed by atoms with Crippen LogP contribution in [0.15, 0.2) is 10.5 Å². The Bertz CT molecular complexity index is 399. The molecular weight excluding hydrogens is 276 g/mol. The average molecular weight is 282 g/mol. The molecule has 0 aliphatic carbocycles. The first-order valence-corrected chi connectivity index (χ1v) is 4.50. The van der Waals surface area contributed by atoms with Gasteiger partial charge < -0.3 is 15.9 Å². The first kappa shape index (κ1) is 11.9. The summed E-state index contributed by atoms with van der Waals surface area (Å²) in [4.78, 5) is 10.5. The van der Waals surface area contributed by atoms with Gasteiger partial charge in [-0.05, 0) is 22.0 Å². The molecule has 1 rings (SSSR count). The highest BCUT2D eigenvalue weighted by molar-refractivity contribution is 9.10. The maximum Gasteiger partial charge on any atom is 0.325 e. The van der Waals surface area contributed by atoms with Gasteiger partial charge in [0.15, 0.2) is 11.6 Å². The maximum atomic E-state index is 13.3. The van der Waals surface area contributed by atoms with Gasteiger partial charge in [-0.2, -0.15) is 0 Å². The lowest BCUT2D eigenvalue weighted by atomic mass is 10.1. The monoisotopic (exact) mass is 281 g/mol. The summed E-state index contributed by atoms with van der Waals surface area (Å²) in [7, 11) is 0. The van der Waals surface area contributed by atoms with Crippen molar-refractivity contribution in [1.82, 2.24) is 0 Å². The second-order valence-electron chi connectivity index (χ2n) is 2.73. The van der Waals surface area contributed by atoms with Gasteiger partial charge in [0, 0.05) is 0 Å². The second-order valence-corrected chi connectivity index (χ2v) is 3.59. The highest BCUT2D eigenvalue weighted by Gasteiger charge is 2.26. The van der Waals surface area contributed by atoms with Crippen molar-refractivity contribution < 1.29 is 23.8 Å². The Labute approximate surface area is 91.4 Å². The van der Waals surface area contributed by atoms with Crippen LogP contribution in [0.3, 0.4) is 0 Å². The molecule has 0 heterocycles. The van der Waals surface area contributed by atoms with E-state index in [1.807, 2.05) is 0 Å². The van der Waals surface area contributed by atoms with Crippen LogP contribution in [-0.4, -0.2) is 16.2 Å². The van der Waals surface area contributed by atoms with Crippen molar-refractivity contribution in [3.63, 3.8) is 0 Å². The predicted octanol–water partition coefficient (Wildman–Crippen LogP) is 1.52. The number of carboxylic acids is 1. The molecule has 15 heavy (non-hydrogen) atoms. The van der Waals surface area contributed by atoms with Gasteiger partial charge in [-0.1, -0.05) is 0 Å². The van der Waals surface area contributed by atoms with Gasteiger partial charge in [-0.3, -0.25) is 4.79 Å². The normalized spacial score (nSPS) is 12.5. The predicted molar refractivity (Wildman–Crippen MR) is 50.3 cm³/mol. The Morgan fingerprint density at radius 3 is 2.53 bits per heavy atom. The van der Waals surface area contributed by atoms with Crippen LogP contribution >= 0.6 is 15.9 Å². The molecule has 0 fully saturated rings. The number of carboxylic acid groups (broad SMARTS) is 1. The van der Waals surface area contributed by atoms with Gasteiger partial charge in [0.1, 0.15) is 11.9 Å². The number of halogens is 3. The lowest BCUT2D eigenvalue weighted by molar-refractivity contribution is -0.138. The number of phenols is 1. The smallest absolute Gasteiger partial charge is 0.325 e.